The molecule has 1 fully saturated rings. The Morgan fingerprint density at radius 2 is 2.12 bits per heavy atom. The van der Waals surface area contributed by atoms with Gasteiger partial charge in [-0.2, -0.15) is 0 Å². The van der Waals surface area contributed by atoms with Crippen molar-refractivity contribution >= 4 is 0 Å². The normalized spacial score (nSPS) is 16.6. The summed E-state index contributed by atoms with van der Waals surface area (Å²) in [6.45, 7) is 2.43. The van der Waals surface area contributed by atoms with Gasteiger partial charge in [0.15, 0.2) is 5.75 Å². The Morgan fingerprint density at radius 3 is 2.76 bits per heavy atom. The van der Waals surface area contributed by atoms with Gasteiger partial charge in [0, 0.05) is 31.4 Å². The number of hydrogen-bond acceptors (Lipinski definition) is 3. The first kappa shape index (κ1) is 12.2. The van der Waals surface area contributed by atoms with Crippen molar-refractivity contribution in [2.75, 3.05) is 0 Å². The van der Waals surface area contributed by atoms with Crippen LogP contribution >= 0.6 is 0 Å². The van der Waals surface area contributed by atoms with Crippen LogP contribution in [-0.2, 0) is 13.6 Å². The molecule has 0 radical (unpaired) electrons. The number of rotatable bonds is 3. The van der Waals surface area contributed by atoms with E-state index in [0.717, 1.165) is 5.69 Å². The monoisotopic (exact) mass is 236 g/mol. The van der Waals surface area contributed by atoms with E-state index in [1.54, 1.807) is 0 Å². The molecule has 0 atom stereocenters. The van der Waals surface area contributed by atoms with Crippen LogP contribution in [0, 0.1) is 6.92 Å². The first-order valence-corrected chi connectivity index (χ1v) is 6.21. The zero-order chi connectivity index (χ0) is 12.4. The summed E-state index contributed by atoms with van der Waals surface area (Å²) in [5.74, 6) is -0.122. The van der Waals surface area contributed by atoms with E-state index < -0.39 is 0 Å². The molecule has 2 rings (SSSR count). The Morgan fingerprint density at radius 1 is 1.47 bits per heavy atom. The third-order valence-electron chi connectivity index (χ3n) is 3.69. The van der Waals surface area contributed by atoms with Gasteiger partial charge in [0.2, 0.25) is 5.43 Å². The van der Waals surface area contributed by atoms with Gasteiger partial charge in [-0.3, -0.25) is 4.79 Å². The highest BCUT2D eigenvalue weighted by atomic mass is 16.3. The van der Waals surface area contributed by atoms with Crippen molar-refractivity contribution in [1.82, 2.24) is 9.88 Å². The first-order valence-electron chi connectivity index (χ1n) is 6.21. The summed E-state index contributed by atoms with van der Waals surface area (Å²) >= 11 is 0. The number of hydrogen-bond donors (Lipinski definition) is 2. The molecule has 0 spiro atoms. The molecule has 4 nitrogen and oxygen atoms in total. The molecule has 0 amide bonds. The second kappa shape index (κ2) is 4.92. The molecule has 2 N–H and O–H groups in total. The molecule has 17 heavy (non-hydrogen) atoms. The van der Waals surface area contributed by atoms with Crippen LogP contribution in [0.4, 0.5) is 0 Å². The lowest BCUT2D eigenvalue weighted by atomic mass is 10.2. The molecule has 1 aliphatic carbocycles. The summed E-state index contributed by atoms with van der Waals surface area (Å²) in [6.07, 6.45) is 4.94. The first-order chi connectivity index (χ1) is 8.09. The SMILES string of the molecule is Cc1cc(=O)c(O)c(CNC2CCCC2)n1C. The molecule has 1 aromatic rings. The van der Waals surface area contributed by atoms with E-state index in [1.807, 2.05) is 18.5 Å². The number of nitrogens with zero attached hydrogens (tertiary/aromatic N) is 1. The highest BCUT2D eigenvalue weighted by Crippen LogP contribution is 2.19. The summed E-state index contributed by atoms with van der Waals surface area (Å²) in [5.41, 5.74) is 1.27. The van der Waals surface area contributed by atoms with Crippen LogP contribution < -0.4 is 10.7 Å². The van der Waals surface area contributed by atoms with E-state index in [9.17, 15) is 9.90 Å². The minimum atomic E-state index is -0.288. The summed E-state index contributed by atoms with van der Waals surface area (Å²) in [7, 11) is 1.88. The Labute approximate surface area is 101 Å². The lowest BCUT2D eigenvalue weighted by molar-refractivity contribution is 0.436. The van der Waals surface area contributed by atoms with Gasteiger partial charge in [0.25, 0.3) is 0 Å². The Kier molecular flexibility index (Phi) is 3.52. The molecule has 1 heterocycles. The predicted octanol–water partition coefficient (Wildman–Crippen LogP) is 1.43. The van der Waals surface area contributed by atoms with Gasteiger partial charge in [-0.25, -0.2) is 0 Å². The van der Waals surface area contributed by atoms with Crippen LogP contribution in [0.15, 0.2) is 10.9 Å². The fraction of sp³-hybridized carbons (Fsp3) is 0.615. The van der Waals surface area contributed by atoms with E-state index in [4.69, 9.17) is 0 Å². The van der Waals surface area contributed by atoms with Crippen LogP contribution in [-0.4, -0.2) is 15.7 Å². The fourth-order valence-corrected chi connectivity index (χ4v) is 2.44. The molecule has 4 heteroatoms. The number of aromatic hydroxyl groups is 1. The van der Waals surface area contributed by atoms with Crippen molar-refractivity contribution in [3.05, 3.63) is 27.7 Å². The highest BCUT2D eigenvalue weighted by Gasteiger charge is 2.16. The molecule has 1 aromatic heterocycles. The summed E-state index contributed by atoms with van der Waals surface area (Å²) in [5, 5.41) is 13.2. The number of aromatic nitrogens is 1. The summed E-state index contributed by atoms with van der Waals surface area (Å²) in [6, 6.07) is 2.00. The van der Waals surface area contributed by atoms with Gasteiger partial charge in [-0.05, 0) is 19.8 Å². The van der Waals surface area contributed by atoms with Crippen molar-refractivity contribution in [2.45, 2.75) is 45.2 Å². The van der Waals surface area contributed by atoms with Crippen molar-refractivity contribution in [3.8, 4) is 5.75 Å². The highest BCUT2D eigenvalue weighted by molar-refractivity contribution is 5.29. The molecule has 1 aliphatic rings. The van der Waals surface area contributed by atoms with E-state index in [2.05, 4.69) is 5.32 Å². The van der Waals surface area contributed by atoms with E-state index in [-0.39, 0.29) is 11.2 Å². The average Bonchev–Trinajstić information content (AvgIpc) is 2.79. The maximum Gasteiger partial charge on any atom is 0.223 e. The molecular formula is C13H20N2O2. The van der Waals surface area contributed by atoms with Crippen molar-refractivity contribution in [2.24, 2.45) is 7.05 Å². The molecule has 1 saturated carbocycles. The van der Waals surface area contributed by atoms with Crippen molar-refractivity contribution in [1.29, 1.82) is 0 Å². The molecule has 0 bridgehead atoms. The lowest BCUT2D eigenvalue weighted by Gasteiger charge is -2.17. The van der Waals surface area contributed by atoms with Gasteiger partial charge in [-0.1, -0.05) is 12.8 Å². The van der Waals surface area contributed by atoms with Crippen molar-refractivity contribution < 1.29 is 5.11 Å². The van der Waals surface area contributed by atoms with Gasteiger partial charge in [0.05, 0.1) is 5.69 Å². The van der Waals surface area contributed by atoms with Gasteiger partial charge in [-0.15, -0.1) is 0 Å². The Hall–Kier alpha value is -1.29. The number of nitrogens with one attached hydrogen (secondary N) is 1. The Bertz CT molecular complexity index is 459. The largest absolute Gasteiger partial charge is 0.503 e. The van der Waals surface area contributed by atoms with E-state index in [0.29, 0.717) is 18.3 Å². The third-order valence-corrected chi connectivity index (χ3v) is 3.69. The van der Waals surface area contributed by atoms with Crippen LogP contribution in [0.25, 0.3) is 0 Å². The summed E-state index contributed by atoms with van der Waals surface area (Å²) < 4.78 is 1.87. The minimum Gasteiger partial charge on any atom is -0.503 e. The van der Waals surface area contributed by atoms with Crippen LogP contribution in [0.5, 0.6) is 5.75 Å². The van der Waals surface area contributed by atoms with Crippen molar-refractivity contribution in [3.63, 3.8) is 0 Å². The average molecular weight is 236 g/mol. The maximum atomic E-state index is 11.5. The van der Waals surface area contributed by atoms with Crippen LogP contribution in [0.1, 0.15) is 37.1 Å². The quantitative estimate of drug-likeness (QED) is 0.834. The smallest absolute Gasteiger partial charge is 0.223 e. The second-order valence-corrected chi connectivity index (χ2v) is 4.87. The van der Waals surface area contributed by atoms with E-state index in [1.165, 1.54) is 31.7 Å². The second-order valence-electron chi connectivity index (χ2n) is 4.87. The molecule has 94 valence electrons. The summed E-state index contributed by atoms with van der Waals surface area (Å²) in [4.78, 5) is 11.5. The molecule has 0 aliphatic heterocycles. The fourth-order valence-electron chi connectivity index (χ4n) is 2.44. The standard InChI is InChI=1S/C13H20N2O2/c1-9-7-12(16)13(17)11(15(9)2)8-14-10-5-3-4-6-10/h7,10,14,17H,3-6,8H2,1-2H3. The lowest BCUT2D eigenvalue weighted by Crippen LogP contribution is -2.28. The third kappa shape index (κ3) is 2.52. The molecular weight excluding hydrogens is 216 g/mol. The van der Waals surface area contributed by atoms with Crippen LogP contribution in [0.2, 0.25) is 0 Å². The van der Waals surface area contributed by atoms with E-state index >= 15 is 0 Å². The van der Waals surface area contributed by atoms with Gasteiger partial charge >= 0.3 is 0 Å². The molecule has 0 aromatic carbocycles. The van der Waals surface area contributed by atoms with Gasteiger partial charge in [0.1, 0.15) is 0 Å². The Balaban J connectivity index is 2.16. The number of pyridine rings is 1. The van der Waals surface area contributed by atoms with Gasteiger partial charge < -0.3 is 15.0 Å². The maximum absolute atomic E-state index is 11.5. The number of aryl methyl sites for hydroxylation is 1. The predicted molar refractivity (Wildman–Crippen MR) is 67.2 cm³/mol. The van der Waals surface area contributed by atoms with Crippen LogP contribution in [0.3, 0.4) is 0 Å². The molecule has 0 unspecified atom stereocenters. The zero-order valence-electron chi connectivity index (χ0n) is 10.5. The topological polar surface area (TPSA) is 54.3 Å². The molecule has 0 saturated heterocycles. The zero-order valence-corrected chi connectivity index (χ0v) is 10.5. The minimum absolute atomic E-state index is 0.122.